The molecule has 0 bridgehead atoms. The van der Waals surface area contributed by atoms with E-state index in [4.69, 9.17) is 5.73 Å². The summed E-state index contributed by atoms with van der Waals surface area (Å²) in [6, 6.07) is 6.23. The zero-order chi connectivity index (χ0) is 15.0. The van der Waals surface area contributed by atoms with Crippen LogP contribution in [0.4, 0.5) is 17.1 Å². The van der Waals surface area contributed by atoms with Gasteiger partial charge in [-0.1, -0.05) is 33.3 Å². The van der Waals surface area contributed by atoms with Crippen molar-refractivity contribution in [2.45, 2.75) is 46.5 Å². The summed E-state index contributed by atoms with van der Waals surface area (Å²) < 4.78 is 0. The van der Waals surface area contributed by atoms with E-state index in [1.165, 1.54) is 31.4 Å². The first-order valence-corrected chi connectivity index (χ1v) is 7.65. The lowest BCUT2D eigenvalue weighted by Gasteiger charge is -2.25. The van der Waals surface area contributed by atoms with Gasteiger partial charge in [0, 0.05) is 24.5 Å². The molecule has 0 aliphatic rings. The lowest BCUT2D eigenvalue weighted by molar-refractivity contribution is 0.678. The van der Waals surface area contributed by atoms with Gasteiger partial charge in [-0.05, 0) is 38.0 Å². The number of allylic oxidation sites excluding steroid dienone is 1. The molecule has 3 heteroatoms. The van der Waals surface area contributed by atoms with Crippen LogP contribution in [0.1, 0.15) is 46.5 Å². The Morgan fingerprint density at radius 2 is 1.80 bits per heavy atom. The number of anilines is 3. The molecule has 0 atom stereocenters. The SMILES string of the molecule is C=C(C)Nc1cc(N(CCCC)CCCC)ccc1N. The molecule has 0 aromatic heterocycles. The summed E-state index contributed by atoms with van der Waals surface area (Å²) in [5, 5.41) is 3.23. The molecule has 0 heterocycles. The molecule has 3 nitrogen and oxygen atoms in total. The number of benzene rings is 1. The molecular weight excluding hydrogens is 246 g/mol. The zero-order valence-corrected chi connectivity index (χ0v) is 13.2. The zero-order valence-electron chi connectivity index (χ0n) is 13.2. The van der Waals surface area contributed by atoms with Gasteiger partial charge >= 0.3 is 0 Å². The fourth-order valence-corrected chi connectivity index (χ4v) is 2.15. The third kappa shape index (κ3) is 5.16. The van der Waals surface area contributed by atoms with Gasteiger partial charge in [-0.15, -0.1) is 0 Å². The normalized spacial score (nSPS) is 10.3. The van der Waals surface area contributed by atoms with Gasteiger partial charge in [0.25, 0.3) is 0 Å². The summed E-state index contributed by atoms with van der Waals surface area (Å²) in [5.41, 5.74) is 9.88. The number of nitrogen functional groups attached to an aromatic ring is 1. The molecule has 0 aliphatic carbocycles. The number of unbranched alkanes of at least 4 members (excludes halogenated alkanes) is 2. The number of hydrogen-bond acceptors (Lipinski definition) is 3. The molecule has 1 rings (SSSR count). The fourth-order valence-electron chi connectivity index (χ4n) is 2.15. The predicted molar refractivity (Wildman–Crippen MR) is 91.3 cm³/mol. The Labute approximate surface area is 123 Å². The van der Waals surface area contributed by atoms with Gasteiger partial charge in [-0.3, -0.25) is 0 Å². The average Bonchev–Trinajstić information content (AvgIpc) is 2.41. The van der Waals surface area contributed by atoms with E-state index < -0.39 is 0 Å². The molecule has 1 aromatic carbocycles. The third-order valence-corrected chi connectivity index (χ3v) is 3.31. The maximum Gasteiger partial charge on any atom is 0.0636 e. The van der Waals surface area contributed by atoms with Gasteiger partial charge in [0.2, 0.25) is 0 Å². The van der Waals surface area contributed by atoms with Crippen LogP contribution in [0.15, 0.2) is 30.5 Å². The summed E-state index contributed by atoms with van der Waals surface area (Å²) in [7, 11) is 0. The van der Waals surface area contributed by atoms with E-state index in [2.05, 4.69) is 42.8 Å². The van der Waals surface area contributed by atoms with Gasteiger partial charge in [0.15, 0.2) is 0 Å². The largest absolute Gasteiger partial charge is 0.397 e. The molecule has 3 N–H and O–H groups in total. The summed E-state index contributed by atoms with van der Waals surface area (Å²) in [6.07, 6.45) is 4.87. The Hall–Kier alpha value is -1.64. The Morgan fingerprint density at radius 1 is 1.20 bits per heavy atom. The first kappa shape index (κ1) is 16.4. The Kier molecular flexibility index (Phi) is 6.99. The maximum absolute atomic E-state index is 6.02. The average molecular weight is 275 g/mol. The highest BCUT2D eigenvalue weighted by Crippen LogP contribution is 2.27. The van der Waals surface area contributed by atoms with Crippen molar-refractivity contribution in [2.75, 3.05) is 29.0 Å². The van der Waals surface area contributed by atoms with E-state index in [-0.39, 0.29) is 0 Å². The minimum absolute atomic E-state index is 0.766. The molecule has 0 aliphatic heterocycles. The number of nitrogens with zero attached hydrogens (tertiary/aromatic N) is 1. The van der Waals surface area contributed by atoms with Crippen LogP contribution in [0.5, 0.6) is 0 Å². The van der Waals surface area contributed by atoms with Crippen molar-refractivity contribution in [3.05, 3.63) is 30.5 Å². The molecule has 0 saturated heterocycles. The van der Waals surface area contributed by atoms with Crippen LogP contribution in [0.2, 0.25) is 0 Å². The highest BCUT2D eigenvalue weighted by molar-refractivity contribution is 5.73. The molecule has 0 unspecified atom stereocenters. The first-order chi connectivity index (χ1) is 9.58. The third-order valence-electron chi connectivity index (χ3n) is 3.31. The molecule has 1 aromatic rings. The van der Waals surface area contributed by atoms with E-state index in [9.17, 15) is 0 Å². The van der Waals surface area contributed by atoms with E-state index >= 15 is 0 Å². The highest BCUT2D eigenvalue weighted by Gasteiger charge is 2.08. The van der Waals surface area contributed by atoms with E-state index in [1.807, 2.05) is 13.0 Å². The van der Waals surface area contributed by atoms with Gasteiger partial charge in [0.05, 0.1) is 11.4 Å². The number of rotatable bonds is 9. The monoisotopic (exact) mass is 275 g/mol. The Morgan fingerprint density at radius 3 is 2.30 bits per heavy atom. The van der Waals surface area contributed by atoms with Crippen molar-refractivity contribution >= 4 is 17.1 Å². The standard InChI is InChI=1S/C17H29N3/c1-5-7-11-20(12-8-6-2)15-9-10-16(18)17(13-15)19-14(3)4/h9-10,13,19H,3,5-8,11-12,18H2,1-2,4H3. The van der Waals surface area contributed by atoms with Crippen LogP contribution < -0.4 is 16.0 Å². The molecular formula is C17H29N3. The second-order valence-corrected chi connectivity index (χ2v) is 5.37. The Balaban J connectivity index is 2.90. The molecule has 20 heavy (non-hydrogen) atoms. The summed E-state index contributed by atoms with van der Waals surface area (Å²) in [4.78, 5) is 2.45. The lowest BCUT2D eigenvalue weighted by atomic mass is 10.2. The van der Waals surface area contributed by atoms with Crippen LogP contribution in [-0.4, -0.2) is 13.1 Å². The van der Waals surface area contributed by atoms with Crippen LogP contribution in [0.25, 0.3) is 0 Å². The smallest absolute Gasteiger partial charge is 0.0636 e. The van der Waals surface area contributed by atoms with Crippen molar-refractivity contribution in [3.8, 4) is 0 Å². The quantitative estimate of drug-likeness (QED) is 0.646. The van der Waals surface area contributed by atoms with Crippen LogP contribution in [-0.2, 0) is 0 Å². The Bertz CT molecular complexity index is 418. The van der Waals surface area contributed by atoms with E-state index in [1.54, 1.807) is 0 Å². The van der Waals surface area contributed by atoms with Gasteiger partial charge < -0.3 is 16.0 Å². The van der Waals surface area contributed by atoms with E-state index in [0.717, 1.165) is 30.2 Å². The summed E-state index contributed by atoms with van der Waals surface area (Å²) in [5.74, 6) is 0. The van der Waals surface area contributed by atoms with Crippen LogP contribution >= 0.6 is 0 Å². The summed E-state index contributed by atoms with van der Waals surface area (Å²) >= 11 is 0. The minimum atomic E-state index is 0.766. The van der Waals surface area contributed by atoms with Gasteiger partial charge in [-0.2, -0.15) is 0 Å². The van der Waals surface area contributed by atoms with Crippen molar-refractivity contribution < 1.29 is 0 Å². The second kappa shape index (κ2) is 8.51. The van der Waals surface area contributed by atoms with Crippen molar-refractivity contribution in [2.24, 2.45) is 0 Å². The number of nitrogens with two attached hydrogens (primary N) is 1. The predicted octanol–water partition coefficient (Wildman–Crippen LogP) is 4.62. The van der Waals surface area contributed by atoms with Crippen LogP contribution in [0.3, 0.4) is 0 Å². The minimum Gasteiger partial charge on any atom is -0.397 e. The molecule has 0 saturated carbocycles. The van der Waals surface area contributed by atoms with Gasteiger partial charge in [0.1, 0.15) is 0 Å². The highest BCUT2D eigenvalue weighted by atomic mass is 15.1. The topological polar surface area (TPSA) is 41.3 Å². The fraction of sp³-hybridized carbons (Fsp3) is 0.529. The molecule has 0 spiro atoms. The maximum atomic E-state index is 6.02. The lowest BCUT2D eigenvalue weighted by Crippen LogP contribution is -2.25. The van der Waals surface area contributed by atoms with Crippen molar-refractivity contribution in [1.82, 2.24) is 0 Å². The van der Waals surface area contributed by atoms with Crippen LogP contribution in [0, 0.1) is 0 Å². The van der Waals surface area contributed by atoms with Crippen molar-refractivity contribution in [1.29, 1.82) is 0 Å². The first-order valence-electron chi connectivity index (χ1n) is 7.65. The molecule has 0 fully saturated rings. The summed E-state index contributed by atoms with van der Waals surface area (Å²) in [6.45, 7) is 12.5. The molecule has 0 radical (unpaired) electrons. The second-order valence-electron chi connectivity index (χ2n) is 5.37. The number of nitrogens with one attached hydrogen (secondary N) is 1. The van der Waals surface area contributed by atoms with E-state index in [0.29, 0.717) is 0 Å². The van der Waals surface area contributed by atoms with Crippen molar-refractivity contribution in [3.63, 3.8) is 0 Å². The number of hydrogen-bond donors (Lipinski definition) is 2. The molecule has 0 amide bonds. The van der Waals surface area contributed by atoms with Gasteiger partial charge in [-0.25, -0.2) is 0 Å². The molecule has 112 valence electrons.